The number of benzene rings is 1. The predicted molar refractivity (Wildman–Crippen MR) is 89.6 cm³/mol. The van der Waals surface area contributed by atoms with E-state index in [-0.39, 0.29) is 30.1 Å². The van der Waals surface area contributed by atoms with E-state index in [0.717, 1.165) is 37.8 Å². The number of guanidine groups is 1. The molecule has 1 unspecified atom stereocenters. The molecule has 1 aliphatic heterocycles. The summed E-state index contributed by atoms with van der Waals surface area (Å²) in [5.74, 6) is 1.81. The van der Waals surface area contributed by atoms with Gasteiger partial charge < -0.3 is 15.4 Å². The summed E-state index contributed by atoms with van der Waals surface area (Å²) in [6, 6.07) is 8.11. The van der Waals surface area contributed by atoms with Crippen molar-refractivity contribution in [3.8, 4) is 5.75 Å². The third-order valence-electron chi connectivity index (χ3n) is 2.78. The molecule has 4 nitrogen and oxygen atoms in total. The van der Waals surface area contributed by atoms with Gasteiger partial charge in [-0.3, -0.25) is 4.99 Å². The summed E-state index contributed by atoms with van der Waals surface area (Å²) >= 11 is 0. The molecule has 0 fully saturated rings. The maximum atomic E-state index is 5.84. The smallest absolute Gasteiger partial charge is 0.191 e. The van der Waals surface area contributed by atoms with E-state index in [4.69, 9.17) is 4.74 Å². The van der Waals surface area contributed by atoms with Crippen LogP contribution in [0.3, 0.4) is 0 Å². The SMILES string of the molecule is Cc1cccc(OC(C)CNC2=NCCCN2)c1.I. The van der Waals surface area contributed by atoms with Crippen LogP contribution in [0.5, 0.6) is 5.75 Å². The molecule has 1 aromatic rings. The molecule has 5 heteroatoms. The monoisotopic (exact) mass is 375 g/mol. The average Bonchev–Trinajstić information content (AvgIpc) is 2.38. The van der Waals surface area contributed by atoms with Crippen LogP contribution < -0.4 is 15.4 Å². The number of rotatable bonds is 4. The molecule has 1 heterocycles. The highest BCUT2D eigenvalue weighted by Crippen LogP contribution is 2.13. The standard InChI is InChI=1S/C14H21N3O.HI/c1-11-5-3-6-13(9-11)18-12(2)10-17-14-15-7-4-8-16-14;/h3,5-6,9,12H,4,7-8,10H2,1-2H3,(H2,15,16,17);1H. The molecular formula is C14H22IN3O. The van der Waals surface area contributed by atoms with E-state index in [0.29, 0.717) is 0 Å². The van der Waals surface area contributed by atoms with Gasteiger partial charge in [0.05, 0.1) is 6.54 Å². The van der Waals surface area contributed by atoms with Crippen LogP contribution in [-0.4, -0.2) is 31.7 Å². The first-order valence-electron chi connectivity index (χ1n) is 6.49. The van der Waals surface area contributed by atoms with Crippen molar-refractivity contribution >= 4 is 29.9 Å². The molecule has 0 radical (unpaired) electrons. The molecule has 1 aliphatic rings. The summed E-state index contributed by atoms with van der Waals surface area (Å²) < 4.78 is 5.84. The van der Waals surface area contributed by atoms with Crippen molar-refractivity contribution in [2.24, 2.45) is 4.99 Å². The Bertz CT molecular complexity index is 423. The van der Waals surface area contributed by atoms with Crippen LogP contribution in [-0.2, 0) is 0 Å². The number of aliphatic imine (C=N–C) groups is 1. The first-order valence-corrected chi connectivity index (χ1v) is 6.49. The van der Waals surface area contributed by atoms with Crippen LogP contribution in [0.2, 0.25) is 0 Å². The zero-order valence-corrected chi connectivity index (χ0v) is 13.8. The summed E-state index contributed by atoms with van der Waals surface area (Å²) in [4.78, 5) is 4.36. The number of halogens is 1. The molecular weight excluding hydrogens is 353 g/mol. The molecule has 0 aromatic heterocycles. The molecule has 1 atom stereocenters. The highest BCUT2D eigenvalue weighted by Gasteiger charge is 2.07. The van der Waals surface area contributed by atoms with Crippen LogP contribution in [0.15, 0.2) is 29.3 Å². The lowest BCUT2D eigenvalue weighted by molar-refractivity contribution is 0.223. The fourth-order valence-corrected chi connectivity index (χ4v) is 1.85. The van der Waals surface area contributed by atoms with Gasteiger partial charge in [-0.05, 0) is 38.0 Å². The zero-order chi connectivity index (χ0) is 12.8. The van der Waals surface area contributed by atoms with Crippen molar-refractivity contribution in [1.29, 1.82) is 0 Å². The largest absolute Gasteiger partial charge is 0.489 e. The van der Waals surface area contributed by atoms with Gasteiger partial charge in [0.2, 0.25) is 0 Å². The van der Waals surface area contributed by atoms with Gasteiger partial charge in [-0.2, -0.15) is 0 Å². The van der Waals surface area contributed by atoms with Crippen LogP contribution in [0.4, 0.5) is 0 Å². The van der Waals surface area contributed by atoms with E-state index in [9.17, 15) is 0 Å². The second-order valence-electron chi connectivity index (χ2n) is 4.64. The lowest BCUT2D eigenvalue weighted by atomic mass is 10.2. The van der Waals surface area contributed by atoms with E-state index in [1.54, 1.807) is 0 Å². The minimum Gasteiger partial charge on any atom is -0.489 e. The minimum absolute atomic E-state index is 0. The van der Waals surface area contributed by atoms with Gasteiger partial charge >= 0.3 is 0 Å². The Morgan fingerprint density at radius 1 is 1.47 bits per heavy atom. The van der Waals surface area contributed by atoms with Gasteiger partial charge in [-0.25, -0.2) is 0 Å². The van der Waals surface area contributed by atoms with Crippen molar-refractivity contribution in [2.75, 3.05) is 19.6 Å². The van der Waals surface area contributed by atoms with E-state index >= 15 is 0 Å². The van der Waals surface area contributed by atoms with Gasteiger partial charge in [0, 0.05) is 13.1 Å². The fraction of sp³-hybridized carbons (Fsp3) is 0.500. The lowest BCUT2D eigenvalue weighted by Gasteiger charge is -2.19. The quantitative estimate of drug-likeness (QED) is 0.795. The van der Waals surface area contributed by atoms with Crippen LogP contribution >= 0.6 is 24.0 Å². The van der Waals surface area contributed by atoms with Crippen molar-refractivity contribution in [3.63, 3.8) is 0 Å². The van der Waals surface area contributed by atoms with E-state index in [1.165, 1.54) is 5.56 Å². The molecule has 0 saturated carbocycles. The number of nitrogens with zero attached hydrogens (tertiary/aromatic N) is 1. The molecule has 0 saturated heterocycles. The van der Waals surface area contributed by atoms with Crippen molar-refractivity contribution in [1.82, 2.24) is 10.6 Å². The maximum absolute atomic E-state index is 5.84. The molecule has 19 heavy (non-hydrogen) atoms. The third kappa shape index (κ3) is 5.67. The summed E-state index contributed by atoms with van der Waals surface area (Å²) in [6.45, 7) is 6.77. The number of aryl methyl sites for hydroxylation is 1. The Labute approximate surface area is 132 Å². The first kappa shape index (κ1) is 16.1. The minimum atomic E-state index is 0. The number of hydrogen-bond acceptors (Lipinski definition) is 4. The molecule has 106 valence electrons. The Balaban J connectivity index is 0.00000180. The molecule has 0 spiro atoms. The maximum Gasteiger partial charge on any atom is 0.191 e. The summed E-state index contributed by atoms with van der Waals surface area (Å²) in [5, 5.41) is 6.50. The van der Waals surface area contributed by atoms with Gasteiger partial charge in [-0.15, -0.1) is 24.0 Å². The Kier molecular flexibility index (Phi) is 6.97. The summed E-state index contributed by atoms with van der Waals surface area (Å²) in [5.41, 5.74) is 1.21. The Morgan fingerprint density at radius 2 is 2.32 bits per heavy atom. The predicted octanol–water partition coefficient (Wildman–Crippen LogP) is 2.32. The topological polar surface area (TPSA) is 45.6 Å². The molecule has 0 bridgehead atoms. The third-order valence-corrected chi connectivity index (χ3v) is 2.78. The Hall–Kier alpha value is -0.980. The zero-order valence-electron chi connectivity index (χ0n) is 11.5. The van der Waals surface area contributed by atoms with E-state index in [2.05, 4.69) is 35.5 Å². The molecule has 2 rings (SSSR count). The van der Waals surface area contributed by atoms with E-state index in [1.807, 2.05) is 18.2 Å². The number of ether oxygens (including phenoxy) is 1. The molecule has 2 N–H and O–H groups in total. The molecule has 0 aliphatic carbocycles. The van der Waals surface area contributed by atoms with Crippen LogP contribution in [0, 0.1) is 6.92 Å². The van der Waals surface area contributed by atoms with Gasteiger partial charge in [-0.1, -0.05) is 12.1 Å². The molecule has 0 amide bonds. The van der Waals surface area contributed by atoms with Crippen LogP contribution in [0.25, 0.3) is 0 Å². The number of hydrogen-bond donors (Lipinski definition) is 2. The highest BCUT2D eigenvalue weighted by molar-refractivity contribution is 14.0. The van der Waals surface area contributed by atoms with Crippen LogP contribution in [0.1, 0.15) is 18.9 Å². The number of nitrogens with one attached hydrogen (secondary N) is 2. The molecule has 1 aromatic carbocycles. The normalized spacial score (nSPS) is 15.6. The summed E-state index contributed by atoms with van der Waals surface area (Å²) in [6.07, 6.45) is 1.22. The lowest BCUT2D eigenvalue weighted by Crippen LogP contribution is -2.44. The van der Waals surface area contributed by atoms with Crippen molar-refractivity contribution < 1.29 is 4.74 Å². The van der Waals surface area contributed by atoms with Crippen molar-refractivity contribution in [3.05, 3.63) is 29.8 Å². The fourth-order valence-electron chi connectivity index (χ4n) is 1.85. The van der Waals surface area contributed by atoms with Gasteiger partial charge in [0.25, 0.3) is 0 Å². The average molecular weight is 375 g/mol. The second kappa shape index (κ2) is 8.24. The van der Waals surface area contributed by atoms with Gasteiger partial charge in [0.15, 0.2) is 5.96 Å². The van der Waals surface area contributed by atoms with E-state index < -0.39 is 0 Å². The highest BCUT2D eigenvalue weighted by atomic mass is 127. The summed E-state index contributed by atoms with van der Waals surface area (Å²) in [7, 11) is 0. The van der Waals surface area contributed by atoms with Crippen molar-refractivity contribution in [2.45, 2.75) is 26.4 Å². The Morgan fingerprint density at radius 3 is 3.00 bits per heavy atom. The second-order valence-corrected chi connectivity index (χ2v) is 4.64. The first-order chi connectivity index (χ1) is 8.74. The van der Waals surface area contributed by atoms with Gasteiger partial charge in [0.1, 0.15) is 11.9 Å².